The van der Waals surface area contributed by atoms with Gasteiger partial charge in [0.15, 0.2) is 0 Å². The molecular weight excluding hydrogens is 292 g/mol. The van der Waals surface area contributed by atoms with Crippen molar-refractivity contribution in [1.82, 2.24) is 19.7 Å². The second-order valence-corrected chi connectivity index (χ2v) is 6.29. The molecule has 2 aliphatic rings. The molecule has 6 heteroatoms. The van der Waals surface area contributed by atoms with E-state index in [-0.39, 0.29) is 11.8 Å². The lowest BCUT2D eigenvalue weighted by molar-refractivity contribution is -0.138. The van der Waals surface area contributed by atoms with Crippen molar-refractivity contribution < 1.29 is 9.53 Å². The average molecular weight is 312 g/mol. The number of hydrogen-bond donors (Lipinski definition) is 0. The molecule has 1 saturated heterocycles. The SMILES string of the molecule is O=C([C@@H]1COc2ccccc2C1)N1CCC(n2cnnc2)CC1. The van der Waals surface area contributed by atoms with Crippen LogP contribution in [-0.4, -0.2) is 45.3 Å². The molecule has 23 heavy (non-hydrogen) atoms. The van der Waals surface area contributed by atoms with E-state index in [1.165, 1.54) is 0 Å². The summed E-state index contributed by atoms with van der Waals surface area (Å²) in [5, 5.41) is 7.72. The third-order valence-corrected chi connectivity index (χ3v) is 4.86. The standard InChI is InChI=1S/C17H20N4O2/c22-17(14-9-13-3-1-2-4-16(13)23-10-14)20-7-5-15(6-8-20)21-11-18-19-12-21/h1-4,11-12,14-15H,5-10H2/t14-/m0/s1. The van der Waals surface area contributed by atoms with Crippen LogP contribution in [0, 0.1) is 5.92 Å². The molecule has 3 heterocycles. The third-order valence-electron chi connectivity index (χ3n) is 4.86. The maximum absolute atomic E-state index is 12.8. The molecule has 0 radical (unpaired) electrons. The van der Waals surface area contributed by atoms with E-state index in [9.17, 15) is 4.79 Å². The van der Waals surface area contributed by atoms with Gasteiger partial charge < -0.3 is 14.2 Å². The second kappa shape index (κ2) is 6.02. The highest BCUT2D eigenvalue weighted by Crippen LogP contribution is 2.29. The Morgan fingerprint density at radius 1 is 1.13 bits per heavy atom. The molecule has 120 valence electrons. The quantitative estimate of drug-likeness (QED) is 0.847. The molecule has 1 amide bonds. The lowest BCUT2D eigenvalue weighted by Crippen LogP contribution is -2.44. The number of nitrogens with zero attached hydrogens (tertiary/aromatic N) is 4. The largest absolute Gasteiger partial charge is 0.492 e. The Morgan fingerprint density at radius 3 is 2.65 bits per heavy atom. The summed E-state index contributed by atoms with van der Waals surface area (Å²) in [6, 6.07) is 8.39. The highest BCUT2D eigenvalue weighted by atomic mass is 16.5. The molecule has 0 aliphatic carbocycles. The predicted molar refractivity (Wildman–Crippen MR) is 84.0 cm³/mol. The fourth-order valence-corrected chi connectivity index (χ4v) is 3.53. The number of para-hydroxylation sites is 1. The van der Waals surface area contributed by atoms with Crippen LogP contribution >= 0.6 is 0 Å². The first-order chi connectivity index (χ1) is 11.3. The van der Waals surface area contributed by atoms with Crippen LogP contribution in [-0.2, 0) is 11.2 Å². The van der Waals surface area contributed by atoms with Gasteiger partial charge in [0, 0.05) is 19.1 Å². The zero-order valence-corrected chi connectivity index (χ0v) is 13.0. The van der Waals surface area contributed by atoms with Gasteiger partial charge in [-0.25, -0.2) is 0 Å². The van der Waals surface area contributed by atoms with E-state index in [1.807, 2.05) is 33.7 Å². The lowest BCUT2D eigenvalue weighted by Gasteiger charge is -2.35. The molecule has 0 saturated carbocycles. The number of carbonyl (C=O) groups is 1. The number of amides is 1. The van der Waals surface area contributed by atoms with Crippen LogP contribution in [0.15, 0.2) is 36.9 Å². The predicted octanol–water partition coefficient (Wildman–Crippen LogP) is 1.69. The Labute approximate surface area is 135 Å². The summed E-state index contributed by atoms with van der Waals surface area (Å²) in [5.74, 6) is 1.08. The number of likely N-dealkylation sites (tertiary alicyclic amines) is 1. The van der Waals surface area contributed by atoms with E-state index in [1.54, 1.807) is 12.7 Å². The second-order valence-electron chi connectivity index (χ2n) is 6.29. The third kappa shape index (κ3) is 2.81. The number of rotatable bonds is 2. The summed E-state index contributed by atoms with van der Waals surface area (Å²) in [7, 11) is 0. The van der Waals surface area contributed by atoms with E-state index in [0.29, 0.717) is 12.6 Å². The zero-order chi connectivity index (χ0) is 15.6. The van der Waals surface area contributed by atoms with Crippen LogP contribution in [0.5, 0.6) is 5.75 Å². The van der Waals surface area contributed by atoms with Gasteiger partial charge in [0.05, 0.1) is 5.92 Å². The van der Waals surface area contributed by atoms with Gasteiger partial charge in [-0.1, -0.05) is 18.2 Å². The van der Waals surface area contributed by atoms with Crippen LogP contribution in [0.2, 0.25) is 0 Å². The summed E-state index contributed by atoms with van der Waals surface area (Å²) in [5.41, 5.74) is 1.14. The highest BCUT2D eigenvalue weighted by Gasteiger charge is 2.31. The number of carbonyl (C=O) groups excluding carboxylic acids is 1. The fourth-order valence-electron chi connectivity index (χ4n) is 3.53. The van der Waals surface area contributed by atoms with E-state index >= 15 is 0 Å². The minimum atomic E-state index is -0.0589. The number of aromatic nitrogens is 3. The van der Waals surface area contributed by atoms with Gasteiger partial charge in [0.1, 0.15) is 25.0 Å². The normalized spacial score (nSPS) is 21.6. The van der Waals surface area contributed by atoms with E-state index in [0.717, 1.165) is 43.7 Å². The first-order valence-corrected chi connectivity index (χ1v) is 8.15. The van der Waals surface area contributed by atoms with Gasteiger partial charge in [-0.05, 0) is 30.9 Å². The van der Waals surface area contributed by atoms with E-state index < -0.39 is 0 Å². The maximum Gasteiger partial charge on any atom is 0.229 e. The molecule has 0 unspecified atom stereocenters. The van der Waals surface area contributed by atoms with Gasteiger partial charge in [-0.15, -0.1) is 10.2 Å². The van der Waals surface area contributed by atoms with Crippen molar-refractivity contribution in [3.8, 4) is 5.75 Å². The van der Waals surface area contributed by atoms with Crippen LogP contribution in [0.1, 0.15) is 24.4 Å². The smallest absolute Gasteiger partial charge is 0.229 e. The Hall–Kier alpha value is -2.37. The van der Waals surface area contributed by atoms with Crippen molar-refractivity contribution in [1.29, 1.82) is 0 Å². The van der Waals surface area contributed by atoms with Gasteiger partial charge in [-0.3, -0.25) is 4.79 Å². The highest BCUT2D eigenvalue weighted by molar-refractivity contribution is 5.80. The maximum atomic E-state index is 12.8. The van der Waals surface area contributed by atoms with Crippen molar-refractivity contribution in [3.63, 3.8) is 0 Å². The van der Waals surface area contributed by atoms with Crippen molar-refractivity contribution >= 4 is 5.91 Å². The number of benzene rings is 1. The van der Waals surface area contributed by atoms with Crippen LogP contribution < -0.4 is 4.74 Å². The summed E-state index contributed by atoms with van der Waals surface area (Å²) in [6.07, 6.45) is 6.20. The van der Waals surface area contributed by atoms with Crippen molar-refractivity contribution in [3.05, 3.63) is 42.5 Å². The van der Waals surface area contributed by atoms with Crippen LogP contribution in [0.25, 0.3) is 0 Å². The molecular formula is C17H20N4O2. The first kappa shape index (κ1) is 14.2. The Kier molecular flexibility index (Phi) is 3.73. The Balaban J connectivity index is 1.37. The molecule has 4 rings (SSSR count). The summed E-state index contributed by atoms with van der Waals surface area (Å²) >= 11 is 0. The zero-order valence-electron chi connectivity index (χ0n) is 13.0. The molecule has 1 aromatic carbocycles. The Bertz CT molecular complexity index is 678. The first-order valence-electron chi connectivity index (χ1n) is 8.15. The number of ether oxygens (including phenoxy) is 1. The van der Waals surface area contributed by atoms with Crippen LogP contribution in [0.3, 0.4) is 0 Å². The summed E-state index contributed by atoms with van der Waals surface area (Å²) in [6.45, 7) is 2.07. The van der Waals surface area contributed by atoms with Crippen LogP contribution in [0.4, 0.5) is 0 Å². The minimum Gasteiger partial charge on any atom is -0.492 e. The molecule has 0 N–H and O–H groups in total. The van der Waals surface area contributed by atoms with E-state index in [2.05, 4.69) is 10.2 Å². The van der Waals surface area contributed by atoms with Gasteiger partial charge in [0.25, 0.3) is 0 Å². The topological polar surface area (TPSA) is 60.2 Å². The summed E-state index contributed by atoms with van der Waals surface area (Å²) < 4.78 is 7.80. The molecule has 0 bridgehead atoms. The van der Waals surface area contributed by atoms with Gasteiger partial charge in [0.2, 0.25) is 5.91 Å². The van der Waals surface area contributed by atoms with E-state index in [4.69, 9.17) is 4.74 Å². The Morgan fingerprint density at radius 2 is 1.87 bits per heavy atom. The van der Waals surface area contributed by atoms with Crippen molar-refractivity contribution in [2.45, 2.75) is 25.3 Å². The molecule has 1 fully saturated rings. The van der Waals surface area contributed by atoms with Crippen molar-refractivity contribution in [2.75, 3.05) is 19.7 Å². The lowest BCUT2D eigenvalue weighted by atomic mass is 9.94. The number of piperidine rings is 1. The van der Waals surface area contributed by atoms with Gasteiger partial charge >= 0.3 is 0 Å². The fraction of sp³-hybridized carbons (Fsp3) is 0.471. The molecule has 1 aromatic heterocycles. The minimum absolute atomic E-state index is 0.0589. The van der Waals surface area contributed by atoms with Crippen molar-refractivity contribution in [2.24, 2.45) is 5.92 Å². The molecule has 0 spiro atoms. The molecule has 2 aromatic rings. The summed E-state index contributed by atoms with van der Waals surface area (Å²) in [4.78, 5) is 14.8. The van der Waals surface area contributed by atoms with Gasteiger partial charge in [-0.2, -0.15) is 0 Å². The number of hydrogen-bond acceptors (Lipinski definition) is 4. The monoisotopic (exact) mass is 312 g/mol. The molecule has 6 nitrogen and oxygen atoms in total. The average Bonchev–Trinajstić information content (AvgIpc) is 3.15. The number of fused-ring (bicyclic) bond motifs is 1. The molecule has 1 atom stereocenters. The molecule has 2 aliphatic heterocycles.